The quantitative estimate of drug-likeness (QED) is 0.707. The number of halogens is 2. The van der Waals surface area contributed by atoms with Crippen molar-refractivity contribution in [1.82, 2.24) is 5.32 Å². The molecule has 0 fully saturated rings. The van der Waals surface area contributed by atoms with Crippen molar-refractivity contribution in [2.45, 2.75) is 18.9 Å². The van der Waals surface area contributed by atoms with Gasteiger partial charge in [-0.1, -0.05) is 12.1 Å². The maximum atomic E-state index is 12.0. The summed E-state index contributed by atoms with van der Waals surface area (Å²) in [6.07, 6.45) is -1.48. The van der Waals surface area contributed by atoms with Gasteiger partial charge < -0.3 is 10.1 Å². The summed E-state index contributed by atoms with van der Waals surface area (Å²) >= 11 is 3.43. The predicted molar refractivity (Wildman–Crippen MR) is 79.9 cm³/mol. The summed E-state index contributed by atoms with van der Waals surface area (Å²) in [5.74, 6) is 0. The Morgan fingerprint density at radius 1 is 1.15 bits per heavy atom. The lowest BCUT2D eigenvalue weighted by Gasteiger charge is -2.17. The zero-order valence-corrected chi connectivity index (χ0v) is 12.6. The van der Waals surface area contributed by atoms with E-state index in [-0.39, 0.29) is 6.04 Å². The van der Waals surface area contributed by atoms with Crippen molar-refractivity contribution in [1.29, 1.82) is 0 Å². The fraction of sp³-hybridized carbons (Fsp3) is 0.429. The van der Waals surface area contributed by atoms with Crippen LogP contribution in [0.5, 0.6) is 0 Å². The lowest BCUT2D eigenvalue weighted by molar-refractivity contribution is 0.0182. The van der Waals surface area contributed by atoms with E-state index in [1.54, 1.807) is 22.7 Å². The van der Waals surface area contributed by atoms with E-state index in [0.717, 1.165) is 6.42 Å². The number of rotatable bonds is 9. The van der Waals surface area contributed by atoms with Gasteiger partial charge >= 0.3 is 0 Å². The molecule has 20 heavy (non-hydrogen) atoms. The van der Waals surface area contributed by atoms with E-state index in [2.05, 4.69) is 22.8 Å². The van der Waals surface area contributed by atoms with E-state index in [9.17, 15) is 8.78 Å². The second kappa shape index (κ2) is 8.46. The van der Waals surface area contributed by atoms with Crippen molar-refractivity contribution < 1.29 is 13.5 Å². The largest absolute Gasteiger partial charge is 0.374 e. The Bertz CT molecular complexity index is 459. The zero-order chi connectivity index (χ0) is 14.2. The molecule has 0 aromatic carbocycles. The van der Waals surface area contributed by atoms with Crippen LogP contribution in [0.3, 0.4) is 0 Å². The minimum absolute atomic E-state index is 0.212. The molecular formula is C14H17F2NOS2. The Morgan fingerprint density at radius 3 is 2.60 bits per heavy atom. The van der Waals surface area contributed by atoms with Crippen molar-refractivity contribution in [3.63, 3.8) is 0 Å². The van der Waals surface area contributed by atoms with Crippen LogP contribution in [0, 0.1) is 0 Å². The SMILES string of the molecule is FC(F)COCCNC(Cc1cccs1)c1cccs1. The first-order valence-corrected chi connectivity index (χ1v) is 8.16. The summed E-state index contributed by atoms with van der Waals surface area (Å²) in [5, 5.41) is 7.49. The summed E-state index contributed by atoms with van der Waals surface area (Å²) in [6, 6.07) is 8.48. The molecule has 2 aromatic rings. The van der Waals surface area contributed by atoms with Crippen LogP contribution in [-0.2, 0) is 11.2 Å². The van der Waals surface area contributed by atoms with Gasteiger partial charge in [0.1, 0.15) is 6.61 Å². The van der Waals surface area contributed by atoms with Crippen LogP contribution in [0.4, 0.5) is 8.78 Å². The van der Waals surface area contributed by atoms with Gasteiger partial charge in [0.25, 0.3) is 6.43 Å². The van der Waals surface area contributed by atoms with Crippen LogP contribution in [0.2, 0.25) is 0 Å². The lowest BCUT2D eigenvalue weighted by atomic mass is 10.1. The molecule has 0 aliphatic rings. The number of thiophene rings is 2. The summed E-state index contributed by atoms with van der Waals surface area (Å²) < 4.78 is 28.8. The van der Waals surface area contributed by atoms with Gasteiger partial charge in [-0.3, -0.25) is 0 Å². The van der Waals surface area contributed by atoms with Gasteiger partial charge in [-0.2, -0.15) is 0 Å². The Labute approximate surface area is 125 Å². The molecule has 1 unspecified atom stereocenters. The van der Waals surface area contributed by atoms with Gasteiger partial charge in [-0.05, 0) is 22.9 Å². The number of nitrogens with one attached hydrogen (secondary N) is 1. The average molecular weight is 317 g/mol. The first-order chi connectivity index (χ1) is 9.75. The minimum Gasteiger partial charge on any atom is -0.374 e. The van der Waals surface area contributed by atoms with E-state index in [0.29, 0.717) is 13.2 Å². The van der Waals surface area contributed by atoms with Gasteiger partial charge in [-0.25, -0.2) is 8.78 Å². The van der Waals surface area contributed by atoms with Crippen molar-refractivity contribution in [3.05, 3.63) is 44.8 Å². The van der Waals surface area contributed by atoms with Crippen molar-refractivity contribution in [3.8, 4) is 0 Å². The first-order valence-electron chi connectivity index (χ1n) is 6.41. The molecule has 2 heterocycles. The van der Waals surface area contributed by atoms with E-state index < -0.39 is 13.0 Å². The molecular weight excluding hydrogens is 300 g/mol. The summed E-state index contributed by atoms with van der Waals surface area (Å²) in [6.45, 7) is 0.383. The van der Waals surface area contributed by atoms with Gasteiger partial charge in [0.15, 0.2) is 0 Å². The second-order valence-electron chi connectivity index (χ2n) is 4.27. The Kier molecular flexibility index (Phi) is 6.59. The average Bonchev–Trinajstić information content (AvgIpc) is 3.09. The van der Waals surface area contributed by atoms with Crippen molar-refractivity contribution in [2.24, 2.45) is 0 Å². The highest BCUT2D eigenvalue weighted by Gasteiger charge is 2.13. The predicted octanol–water partition coefficient (Wildman–Crippen LogP) is 3.96. The maximum Gasteiger partial charge on any atom is 0.261 e. The smallest absolute Gasteiger partial charge is 0.261 e. The highest BCUT2D eigenvalue weighted by molar-refractivity contribution is 7.10. The number of hydrogen-bond donors (Lipinski definition) is 1. The molecule has 1 N–H and O–H groups in total. The molecule has 0 aliphatic heterocycles. The molecule has 1 atom stereocenters. The summed E-state index contributed by atoms with van der Waals surface area (Å²) in [4.78, 5) is 2.57. The van der Waals surface area contributed by atoms with Crippen LogP contribution < -0.4 is 5.32 Å². The molecule has 0 bridgehead atoms. The molecule has 0 saturated heterocycles. The third kappa shape index (κ3) is 5.28. The van der Waals surface area contributed by atoms with E-state index in [1.165, 1.54) is 9.75 Å². The Morgan fingerprint density at radius 2 is 1.95 bits per heavy atom. The molecule has 2 aromatic heterocycles. The van der Waals surface area contributed by atoms with Crippen LogP contribution in [0.25, 0.3) is 0 Å². The maximum absolute atomic E-state index is 12.0. The van der Waals surface area contributed by atoms with Gasteiger partial charge in [0, 0.05) is 28.8 Å². The van der Waals surface area contributed by atoms with Crippen LogP contribution in [-0.4, -0.2) is 26.2 Å². The topological polar surface area (TPSA) is 21.3 Å². The normalized spacial score (nSPS) is 12.9. The monoisotopic (exact) mass is 317 g/mol. The molecule has 0 aliphatic carbocycles. The molecule has 0 spiro atoms. The fourth-order valence-corrected chi connectivity index (χ4v) is 3.42. The molecule has 2 nitrogen and oxygen atoms in total. The first kappa shape index (κ1) is 15.6. The van der Waals surface area contributed by atoms with Gasteiger partial charge in [-0.15, -0.1) is 22.7 Å². The number of alkyl halides is 2. The minimum atomic E-state index is -2.39. The van der Waals surface area contributed by atoms with Crippen LogP contribution in [0.15, 0.2) is 35.0 Å². The number of ether oxygens (including phenoxy) is 1. The molecule has 6 heteroatoms. The lowest BCUT2D eigenvalue weighted by Crippen LogP contribution is -2.26. The van der Waals surface area contributed by atoms with Gasteiger partial charge in [0.2, 0.25) is 0 Å². The molecule has 0 saturated carbocycles. The van der Waals surface area contributed by atoms with E-state index in [1.807, 2.05) is 17.5 Å². The third-order valence-electron chi connectivity index (χ3n) is 2.75. The fourth-order valence-electron chi connectivity index (χ4n) is 1.87. The summed E-state index contributed by atoms with van der Waals surface area (Å²) in [7, 11) is 0. The Hall–Kier alpha value is -0.820. The summed E-state index contributed by atoms with van der Waals surface area (Å²) in [5.41, 5.74) is 0. The van der Waals surface area contributed by atoms with Crippen molar-refractivity contribution >= 4 is 22.7 Å². The van der Waals surface area contributed by atoms with Crippen LogP contribution in [0.1, 0.15) is 15.8 Å². The number of hydrogen-bond acceptors (Lipinski definition) is 4. The zero-order valence-electron chi connectivity index (χ0n) is 10.9. The molecule has 0 radical (unpaired) electrons. The van der Waals surface area contributed by atoms with Crippen LogP contribution >= 0.6 is 22.7 Å². The molecule has 0 amide bonds. The van der Waals surface area contributed by atoms with Crippen molar-refractivity contribution in [2.75, 3.05) is 19.8 Å². The highest BCUT2D eigenvalue weighted by atomic mass is 32.1. The highest BCUT2D eigenvalue weighted by Crippen LogP contribution is 2.24. The molecule has 2 rings (SSSR count). The standard InChI is InChI=1S/C14H17F2NOS2/c15-14(16)10-18-6-5-17-12(13-4-2-8-20-13)9-11-3-1-7-19-11/h1-4,7-8,12,14,17H,5-6,9-10H2. The Balaban J connectivity index is 1.81. The third-order valence-corrected chi connectivity index (χ3v) is 4.64. The van der Waals surface area contributed by atoms with E-state index >= 15 is 0 Å². The van der Waals surface area contributed by atoms with E-state index in [4.69, 9.17) is 4.74 Å². The van der Waals surface area contributed by atoms with Gasteiger partial charge in [0.05, 0.1) is 6.61 Å². The molecule has 110 valence electrons. The second-order valence-corrected chi connectivity index (χ2v) is 6.28.